The Bertz CT molecular complexity index is 275. The number of rotatable bonds is 5. The van der Waals surface area contributed by atoms with Gasteiger partial charge in [0.15, 0.2) is 0 Å². The Hall–Kier alpha value is -0.610. The van der Waals surface area contributed by atoms with Gasteiger partial charge >= 0.3 is 5.97 Å². The largest absolute Gasteiger partial charge is 0.481 e. The van der Waals surface area contributed by atoms with Crippen LogP contribution in [0.2, 0.25) is 0 Å². The van der Waals surface area contributed by atoms with Crippen LogP contribution in [0.1, 0.15) is 40.5 Å². The van der Waals surface area contributed by atoms with Gasteiger partial charge in [0.25, 0.3) is 0 Å². The van der Waals surface area contributed by atoms with Gasteiger partial charge in [-0.15, -0.1) is 0 Å². The molecule has 100 valence electrons. The molecule has 4 nitrogen and oxygen atoms in total. The van der Waals surface area contributed by atoms with E-state index in [4.69, 9.17) is 9.47 Å². The molecule has 1 rings (SSSR count). The number of ether oxygens (including phenoxy) is 2. The molecule has 0 bridgehead atoms. The van der Waals surface area contributed by atoms with Crippen molar-refractivity contribution >= 4 is 5.97 Å². The quantitative estimate of drug-likeness (QED) is 0.806. The zero-order chi connectivity index (χ0) is 13.2. The number of hydrogen-bond donors (Lipinski definition) is 1. The smallest absolute Gasteiger partial charge is 0.309 e. The first-order chi connectivity index (χ1) is 7.83. The molecule has 0 aliphatic carbocycles. The second-order valence-corrected chi connectivity index (χ2v) is 5.55. The van der Waals surface area contributed by atoms with E-state index in [9.17, 15) is 9.90 Å². The van der Waals surface area contributed by atoms with Crippen LogP contribution < -0.4 is 0 Å². The summed E-state index contributed by atoms with van der Waals surface area (Å²) >= 11 is 0. The summed E-state index contributed by atoms with van der Waals surface area (Å²) in [6.45, 7) is 8.21. The summed E-state index contributed by atoms with van der Waals surface area (Å²) in [5.41, 5.74) is 0.00983. The van der Waals surface area contributed by atoms with Crippen LogP contribution in [0.5, 0.6) is 0 Å². The molecule has 0 radical (unpaired) electrons. The van der Waals surface area contributed by atoms with E-state index in [-0.39, 0.29) is 23.7 Å². The molecule has 0 saturated carbocycles. The van der Waals surface area contributed by atoms with Crippen LogP contribution in [-0.2, 0) is 14.3 Å². The molecule has 1 heterocycles. The van der Waals surface area contributed by atoms with E-state index in [1.165, 1.54) is 0 Å². The first kappa shape index (κ1) is 14.5. The molecule has 0 aromatic rings. The van der Waals surface area contributed by atoms with Gasteiger partial charge in [0.1, 0.15) is 0 Å². The van der Waals surface area contributed by atoms with Gasteiger partial charge in [-0.2, -0.15) is 0 Å². The van der Waals surface area contributed by atoms with Crippen molar-refractivity contribution in [1.29, 1.82) is 0 Å². The van der Waals surface area contributed by atoms with E-state index in [1.54, 1.807) is 7.11 Å². The fourth-order valence-electron chi connectivity index (χ4n) is 2.25. The third-order valence-electron chi connectivity index (χ3n) is 4.12. The molecule has 0 aromatic carbocycles. The standard InChI is InChI=1S/C13H24O4/c1-6-13(3,4)10-7-9(12(14)15)11(17-10)8(2)16-5/h8-11H,6-7H2,1-5H3,(H,14,15). The summed E-state index contributed by atoms with van der Waals surface area (Å²) < 4.78 is 11.2. The van der Waals surface area contributed by atoms with E-state index in [0.717, 1.165) is 6.42 Å². The third-order valence-corrected chi connectivity index (χ3v) is 4.12. The summed E-state index contributed by atoms with van der Waals surface area (Å²) in [6.07, 6.45) is 1.02. The lowest BCUT2D eigenvalue weighted by Crippen LogP contribution is -2.35. The molecule has 1 N–H and O–H groups in total. The Labute approximate surface area is 103 Å². The number of hydrogen-bond acceptors (Lipinski definition) is 3. The van der Waals surface area contributed by atoms with Gasteiger partial charge in [-0.05, 0) is 25.2 Å². The molecule has 4 heteroatoms. The maximum atomic E-state index is 11.3. The van der Waals surface area contributed by atoms with Crippen LogP contribution in [0.4, 0.5) is 0 Å². The van der Waals surface area contributed by atoms with Crippen LogP contribution in [0.25, 0.3) is 0 Å². The molecule has 1 aliphatic rings. The van der Waals surface area contributed by atoms with Crippen LogP contribution in [-0.4, -0.2) is 36.5 Å². The SMILES string of the molecule is CCC(C)(C)C1CC(C(=O)O)C(C(C)OC)O1. The molecule has 0 spiro atoms. The van der Waals surface area contributed by atoms with E-state index >= 15 is 0 Å². The monoisotopic (exact) mass is 244 g/mol. The Morgan fingerprint density at radius 2 is 2.18 bits per heavy atom. The summed E-state index contributed by atoms with van der Waals surface area (Å²) in [5, 5.41) is 9.25. The Morgan fingerprint density at radius 1 is 1.59 bits per heavy atom. The fraction of sp³-hybridized carbons (Fsp3) is 0.923. The number of methoxy groups -OCH3 is 1. The van der Waals surface area contributed by atoms with Gasteiger partial charge < -0.3 is 14.6 Å². The highest BCUT2D eigenvalue weighted by atomic mass is 16.5. The summed E-state index contributed by atoms with van der Waals surface area (Å²) in [4.78, 5) is 11.3. The molecule has 0 amide bonds. The van der Waals surface area contributed by atoms with Crippen LogP contribution >= 0.6 is 0 Å². The molecular weight excluding hydrogens is 220 g/mol. The average Bonchev–Trinajstić information content (AvgIpc) is 2.73. The van der Waals surface area contributed by atoms with Gasteiger partial charge in [-0.3, -0.25) is 4.79 Å². The van der Waals surface area contributed by atoms with Crippen molar-refractivity contribution in [1.82, 2.24) is 0 Å². The maximum absolute atomic E-state index is 11.3. The highest BCUT2D eigenvalue weighted by molar-refractivity contribution is 5.71. The first-order valence-corrected chi connectivity index (χ1v) is 6.24. The normalized spacial score (nSPS) is 31.5. The van der Waals surface area contributed by atoms with Crippen molar-refractivity contribution in [3.05, 3.63) is 0 Å². The van der Waals surface area contributed by atoms with Crippen LogP contribution in [0, 0.1) is 11.3 Å². The van der Waals surface area contributed by atoms with Gasteiger partial charge in [-0.1, -0.05) is 20.8 Å². The summed E-state index contributed by atoms with van der Waals surface area (Å²) in [5.74, 6) is -1.24. The predicted molar refractivity (Wildman–Crippen MR) is 64.9 cm³/mol. The summed E-state index contributed by atoms with van der Waals surface area (Å²) in [6, 6.07) is 0. The van der Waals surface area contributed by atoms with Gasteiger partial charge in [0.2, 0.25) is 0 Å². The fourth-order valence-corrected chi connectivity index (χ4v) is 2.25. The predicted octanol–water partition coefficient (Wildman–Crippen LogP) is 2.32. The lowest BCUT2D eigenvalue weighted by molar-refractivity contribution is -0.147. The van der Waals surface area contributed by atoms with Crippen molar-refractivity contribution in [2.75, 3.05) is 7.11 Å². The summed E-state index contributed by atoms with van der Waals surface area (Å²) in [7, 11) is 1.59. The van der Waals surface area contributed by atoms with E-state index < -0.39 is 11.9 Å². The van der Waals surface area contributed by atoms with E-state index in [0.29, 0.717) is 6.42 Å². The minimum absolute atomic E-state index is 0.00352. The molecule has 1 aliphatic heterocycles. The topological polar surface area (TPSA) is 55.8 Å². The van der Waals surface area contributed by atoms with Crippen LogP contribution in [0.3, 0.4) is 0 Å². The van der Waals surface area contributed by atoms with E-state index in [1.807, 2.05) is 6.92 Å². The van der Waals surface area contributed by atoms with Gasteiger partial charge in [0, 0.05) is 7.11 Å². The minimum Gasteiger partial charge on any atom is -0.481 e. The van der Waals surface area contributed by atoms with Gasteiger partial charge in [-0.25, -0.2) is 0 Å². The zero-order valence-electron chi connectivity index (χ0n) is 11.4. The molecule has 1 saturated heterocycles. The van der Waals surface area contributed by atoms with Crippen molar-refractivity contribution in [2.45, 2.75) is 58.8 Å². The second kappa shape index (κ2) is 5.36. The molecule has 17 heavy (non-hydrogen) atoms. The highest BCUT2D eigenvalue weighted by Crippen LogP contribution is 2.40. The maximum Gasteiger partial charge on any atom is 0.309 e. The van der Waals surface area contributed by atoms with E-state index in [2.05, 4.69) is 20.8 Å². The lowest BCUT2D eigenvalue weighted by atomic mass is 9.80. The van der Waals surface area contributed by atoms with Crippen molar-refractivity contribution in [2.24, 2.45) is 11.3 Å². The van der Waals surface area contributed by atoms with Crippen molar-refractivity contribution < 1.29 is 19.4 Å². The van der Waals surface area contributed by atoms with Crippen molar-refractivity contribution in [3.63, 3.8) is 0 Å². The zero-order valence-corrected chi connectivity index (χ0v) is 11.4. The molecule has 1 fully saturated rings. The number of carboxylic acid groups (broad SMARTS) is 1. The number of aliphatic carboxylic acids is 1. The van der Waals surface area contributed by atoms with Crippen molar-refractivity contribution in [3.8, 4) is 0 Å². The number of carboxylic acids is 1. The number of carbonyl (C=O) groups is 1. The first-order valence-electron chi connectivity index (χ1n) is 6.24. The molecular formula is C13H24O4. The van der Waals surface area contributed by atoms with Gasteiger partial charge in [0.05, 0.1) is 24.2 Å². The highest BCUT2D eigenvalue weighted by Gasteiger charge is 2.47. The molecule has 0 aromatic heterocycles. The molecule has 4 atom stereocenters. The Morgan fingerprint density at radius 3 is 2.59 bits per heavy atom. The minimum atomic E-state index is -0.784. The lowest BCUT2D eigenvalue weighted by Gasteiger charge is -2.30. The second-order valence-electron chi connectivity index (χ2n) is 5.55. The Balaban J connectivity index is 2.82. The average molecular weight is 244 g/mol. The molecule has 4 unspecified atom stereocenters. The Kier molecular flexibility index (Phi) is 4.55. The third kappa shape index (κ3) is 2.99. The van der Waals surface area contributed by atoms with Crippen LogP contribution in [0.15, 0.2) is 0 Å².